The molecule has 0 bridgehead atoms. The molecule has 1 amide bonds. The zero-order valence-electron chi connectivity index (χ0n) is 15.2. The summed E-state index contributed by atoms with van der Waals surface area (Å²) in [5, 5.41) is 12.9. The van der Waals surface area contributed by atoms with Crippen LogP contribution in [0, 0.1) is 5.92 Å². The van der Waals surface area contributed by atoms with Crippen molar-refractivity contribution in [2.45, 2.75) is 63.5 Å². The molecular weight excluding hydrogens is 312 g/mol. The summed E-state index contributed by atoms with van der Waals surface area (Å²) >= 11 is 0. The number of hydrogen-bond acceptors (Lipinski definition) is 3. The number of hydrogen-bond donors (Lipinski definition) is 2. The molecule has 1 aliphatic heterocycles. The quantitative estimate of drug-likeness (QED) is 0.834. The summed E-state index contributed by atoms with van der Waals surface area (Å²) in [6.07, 6.45) is 8.60. The third-order valence-corrected chi connectivity index (χ3v) is 5.68. The molecule has 2 aliphatic rings. The molecule has 1 aromatic rings. The molecule has 2 fully saturated rings. The highest BCUT2D eigenvalue weighted by molar-refractivity contribution is 5.78. The second kappa shape index (κ2) is 9.35. The van der Waals surface area contributed by atoms with Gasteiger partial charge in [0, 0.05) is 6.04 Å². The minimum Gasteiger partial charge on any atom is -0.393 e. The Balaban J connectivity index is 1.54. The Kier molecular flexibility index (Phi) is 6.88. The minimum atomic E-state index is -0.186. The van der Waals surface area contributed by atoms with Crippen molar-refractivity contribution in [3.63, 3.8) is 0 Å². The van der Waals surface area contributed by atoms with Crippen molar-refractivity contribution in [2.75, 3.05) is 19.6 Å². The van der Waals surface area contributed by atoms with Crippen LogP contribution in [0.25, 0.3) is 0 Å². The monoisotopic (exact) mass is 344 g/mol. The van der Waals surface area contributed by atoms with Crippen molar-refractivity contribution in [2.24, 2.45) is 5.92 Å². The Morgan fingerprint density at radius 2 is 1.72 bits per heavy atom. The first-order valence-corrected chi connectivity index (χ1v) is 9.94. The number of aliphatic hydroxyl groups excluding tert-OH is 1. The number of nitrogens with one attached hydrogen (secondary N) is 1. The second-order valence-electron chi connectivity index (χ2n) is 7.79. The zero-order valence-corrected chi connectivity index (χ0v) is 15.2. The first-order chi connectivity index (χ1) is 12.2. The average Bonchev–Trinajstić information content (AvgIpc) is 2.55. The summed E-state index contributed by atoms with van der Waals surface area (Å²) in [7, 11) is 0. The van der Waals surface area contributed by atoms with Crippen LogP contribution >= 0.6 is 0 Å². The van der Waals surface area contributed by atoms with Crippen molar-refractivity contribution in [1.82, 2.24) is 10.2 Å². The van der Waals surface area contributed by atoms with Crippen molar-refractivity contribution in [1.29, 1.82) is 0 Å². The van der Waals surface area contributed by atoms with E-state index < -0.39 is 0 Å². The number of carbonyl (C=O) groups excluding carboxylic acids is 1. The van der Waals surface area contributed by atoms with Crippen LogP contribution in [0.5, 0.6) is 0 Å². The maximum Gasteiger partial charge on any atom is 0.234 e. The fourth-order valence-electron chi connectivity index (χ4n) is 4.09. The highest BCUT2D eigenvalue weighted by Gasteiger charge is 2.34. The summed E-state index contributed by atoms with van der Waals surface area (Å²) in [5.41, 5.74) is 1.25. The summed E-state index contributed by atoms with van der Waals surface area (Å²) in [6.45, 7) is 2.60. The average molecular weight is 344 g/mol. The Morgan fingerprint density at radius 1 is 1.08 bits per heavy atom. The molecule has 4 heteroatoms. The largest absolute Gasteiger partial charge is 0.393 e. The Morgan fingerprint density at radius 3 is 2.36 bits per heavy atom. The number of benzene rings is 1. The van der Waals surface area contributed by atoms with Gasteiger partial charge in [0.1, 0.15) is 0 Å². The fourth-order valence-corrected chi connectivity index (χ4v) is 4.09. The van der Waals surface area contributed by atoms with E-state index in [1.807, 2.05) is 18.2 Å². The van der Waals surface area contributed by atoms with Crippen LogP contribution in [0.4, 0.5) is 0 Å². The predicted molar refractivity (Wildman–Crippen MR) is 100 cm³/mol. The van der Waals surface area contributed by atoms with E-state index in [1.165, 1.54) is 37.7 Å². The van der Waals surface area contributed by atoms with E-state index in [1.54, 1.807) is 0 Å². The lowest BCUT2D eigenvalue weighted by atomic mass is 9.75. The zero-order chi connectivity index (χ0) is 17.5. The Labute approximate surface area is 151 Å². The number of nitrogens with zero attached hydrogens (tertiary/aromatic N) is 1. The topological polar surface area (TPSA) is 52.6 Å². The van der Waals surface area contributed by atoms with Gasteiger partial charge in [0.05, 0.1) is 12.6 Å². The van der Waals surface area contributed by atoms with Gasteiger partial charge in [0.2, 0.25) is 5.91 Å². The number of amides is 1. The molecule has 1 saturated heterocycles. The number of carbonyl (C=O) groups is 1. The van der Waals surface area contributed by atoms with Crippen molar-refractivity contribution in [3.8, 4) is 0 Å². The maximum atomic E-state index is 12.6. The van der Waals surface area contributed by atoms with Gasteiger partial charge >= 0.3 is 0 Å². The number of aliphatic hydroxyl groups is 1. The van der Waals surface area contributed by atoms with Gasteiger partial charge in [-0.15, -0.1) is 0 Å². The van der Waals surface area contributed by atoms with E-state index in [2.05, 4.69) is 22.3 Å². The molecule has 2 N–H and O–H groups in total. The molecule has 1 unspecified atom stereocenters. The van der Waals surface area contributed by atoms with Crippen LogP contribution in [0.15, 0.2) is 30.3 Å². The van der Waals surface area contributed by atoms with Crippen LogP contribution in [0.3, 0.4) is 0 Å². The predicted octanol–water partition coefficient (Wildman–Crippen LogP) is 2.75. The lowest BCUT2D eigenvalue weighted by molar-refractivity contribution is -0.124. The van der Waals surface area contributed by atoms with Crippen molar-refractivity contribution < 1.29 is 9.90 Å². The van der Waals surface area contributed by atoms with E-state index in [0.29, 0.717) is 12.5 Å². The van der Waals surface area contributed by atoms with Crippen LogP contribution in [0.2, 0.25) is 0 Å². The third-order valence-electron chi connectivity index (χ3n) is 5.68. The molecule has 3 rings (SSSR count). The SMILES string of the molecule is O=C(CN1CCCCCCC1)NC(Cc1ccccc1)C1CC(O)C1. The van der Waals surface area contributed by atoms with Gasteiger partial charge in [-0.1, -0.05) is 49.6 Å². The lowest BCUT2D eigenvalue weighted by Crippen LogP contribution is -2.50. The van der Waals surface area contributed by atoms with E-state index in [9.17, 15) is 9.90 Å². The van der Waals surface area contributed by atoms with Gasteiger partial charge in [-0.05, 0) is 56.7 Å². The van der Waals surface area contributed by atoms with Crippen molar-refractivity contribution in [3.05, 3.63) is 35.9 Å². The first-order valence-electron chi connectivity index (χ1n) is 9.94. The van der Waals surface area contributed by atoms with Crippen LogP contribution < -0.4 is 5.32 Å². The maximum absolute atomic E-state index is 12.6. The normalized spacial score (nSPS) is 26.1. The molecule has 25 heavy (non-hydrogen) atoms. The number of likely N-dealkylation sites (tertiary alicyclic amines) is 1. The van der Waals surface area contributed by atoms with Gasteiger partial charge in [-0.25, -0.2) is 0 Å². The third kappa shape index (κ3) is 5.82. The highest BCUT2D eigenvalue weighted by atomic mass is 16.3. The Bertz CT molecular complexity index is 520. The molecule has 1 saturated carbocycles. The minimum absolute atomic E-state index is 0.132. The highest BCUT2D eigenvalue weighted by Crippen LogP contribution is 2.31. The lowest BCUT2D eigenvalue weighted by Gasteiger charge is -2.38. The molecule has 1 aromatic carbocycles. The fraction of sp³-hybridized carbons (Fsp3) is 0.667. The van der Waals surface area contributed by atoms with Crippen molar-refractivity contribution >= 4 is 5.91 Å². The van der Waals surface area contributed by atoms with Gasteiger partial charge in [-0.2, -0.15) is 0 Å². The molecule has 1 atom stereocenters. The molecule has 1 aliphatic carbocycles. The van der Waals surface area contributed by atoms with Gasteiger partial charge < -0.3 is 10.4 Å². The summed E-state index contributed by atoms with van der Waals surface area (Å²) in [6, 6.07) is 10.5. The first kappa shape index (κ1) is 18.4. The van der Waals surface area contributed by atoms with E-state index in [-0.39, 0.29) is 18.1 Å². The molecule has 0 aromatic heterocycles. The number of rotatable bonds is 6. The smallest absolute Gasteiger partial charge is 0.234 e. The van der Waals surface area contributed by atoms with E-state index in [4.69, 9.17) is 0 Å². The molecule has 0 spiro atoms. The van der Waals surface area contributed by atoms with Gasteiger partial charge in [-0.3, -0.25) is 9.69 Å². The molecule has 138 valence electrons. The summed E-state index contributed by atoms with van der Waals surface area (Å²) in [4.78, 5) is 14.9. The summed E-state index contributed by atoms with van der Waals surface area (Å²) < 4.78 is 0. The summed E-state index contributed by atoms with van der Waals surface area (Å²) in [5.74, 6) is 0.536. The second-order valence-corrected chi connectivity index (χ2v) is 7.79. The molecule has 0 radical (unpaired) electrons. The van der Waals surface area contributed by atoms with Crippen LogP contribution in [0.1, 0.15) is 50.5 Å². The standard InChI is InChI=1S/C21H32N2O2/c24-19-14-18(15-19)20(13-17-9-5-4-6-10-17)22-21(25)16-23-11-7-2-1-3-8-12-23/h4-6,9-10,18-20,24H,1-3,7-8,11-16H2,(H,22,25). The van der Waals surface area contributed by atoms with Crippen LogP contribution in [-0.2, 0) is 11.2 Å². The van der Waals surface area contributed by atoms with E-state index >= 15 is 0 Å². The molecular formula is C21H32N2O2. The Hall–Kier alpha value is -1.39. The molecule has 1 heterocycles. The van der Waals surface area contributed by atoms with Gasteiger partial charge in [0.25, 0.3) is 0 Å². The van der Waals surface area contributed by atoms with E-state index in [0.717, 1.165) is 32.4 Å². The molecule has 4 nitrogen and oxygen atoms in total. The van der Waals surface area contributed by atoms with Gasteiger partial charge in [0.15, 0.2) is 0 Å². The van der Waals surface area contributed by atoms with Crippen LogP contribution in [-0.4, -0.2) is 47.7 Å².